The van der Waals surface area contributed by atoms with Gasteiger partial charge in [-0.25, -0.2) is 0 Å². The van der Waals surface area contributed by atoms with Crippen molar-refractivity contribution in [2.24, 2.45) is 0 Å². The van der Waals surface area contributed by atoms with Crippen molar-refractivity contribution in [3.8, 4) is 0 Å². The van der Waals surface area contributed by atoms with Gasteiger partial charge in [-0.1, -0.05) is 0 Å². The molecule has 0 spiro atoms. The van der Waals surface area contributed by atoms with E-state index in [9.17, 15) is 5.11 Å². The Morgan fingerprint density at radius 3 is 2.64 bits per heavy atom. The Morgan fingerprint density at radius 1 is 1.09 bits per heavy atom. The first-order valence-electron chi connectivity index (χ1n) is 8.33. The molecule has 6 heteroatoms. The van der Waals surface area contributed by atoms with Crippen molar-refractivity contribution in [2.75, 3.05) is 13.1 Å². The summed E-state index contributed by atoms with van der Waals surface area (Å²) in [6.45, 7) is 4.06. The Bertz CT molecular complexity index is 662. The summed E-state index contributed by atoms with van der Waals surface area (Å²) >= 11 is 0. The molecule has 0 radical (unpaired) electrons. The number of likely N-dealkylation sites (tertiary alicyclic amines) is 1. The first-order chi connectivity index (χ1) is 10.7. The van der Waals surface area contributed by atoms with E-state index in [0.29, 0.717) is 12.0 Å². The van der Waals surface area contributed by atoms with Crippen molar-refractivity contribution < 1.29 is 5.11 Å². The largest absolute Gasteiger partial charge is 0.391 e. The lowest BCUT2D eigenvalue weighted by Crippen LogP contribution is -2.44. The van der Waals surface area contributed by atoms with E-state index >= 15 is 0 Å². The van der Waals surface area contributed by atoms with Gasteiger partial charge in [0.2, 0.25) is 0 Å². The van der Waals surface area contributed by atoms with E-state index in [1.807, 2.05) is 23.6 Å². The van der Waals surface area contributed by atoms with Gasteiger partial charge in [0.1, 0.15) is 0 Å². The molecule has 2 aromatic heterocycles. The monoisotopic (exact) mass is 301 g/mol. The van der Waals surface area contributed by atoms with E-state index in [4.69, 9.17) is 0 Å². The molecule has 1 aliphatic heterocycles. The van der Waals surface area contributed by atoms with Gasteiger partial charge < -0.3 is 5.11 Å². The van der Waals surface area contributed by atoms with Gasteiger partial charge in [-0.2, -0.15) is 9.61 Å². The third kappa shape index (κ3) is 2.40. The van der Waals surface area contributed by atoms with Crippen LogP contribution in [0.3, 0.4) is 0 Å². The predicted octanol–water partition coefficient (Wildman–Crippen LogP) is 1.53. The number of hydrogen-bond donors (Lipinski definition) is 1. The third-order valence-electron chi connectivity index (χ3n) is 5.23. The highest BCUT2D eigenvalue weighted by Gasteiger charge is 2.34. The van der Waals surface area contributed by atoms with Crippen LogP contribution in [0.1, 0.15) is 49.5 Å². The lowest BCUT2D eigenvalue weighted by Gasteiger charge is -2.36. The molecule has 2 fully saturated rings. The topological polar surface area (TPSA) is 66.5 Å². The van der Waals surface area contributed by atoms with Gasteiger partial charge in [-0.15, -0.1) is 10.2 Å². The van der Waals surface area contributed by atoms with Crippen molar-refractivity contribution in [3.63, 3.8) is 0 Å². The normalized spacial score (nSPS) is 27.7. The van der Waals surface area contributed by atoms with Crippen molar-refractivity contribution in [3.05, 3.63) is 23.7 Å². The van der Waals surface area contributed by atoms with Gasteiger partial charge in [-0.05, 0) is 64.3 Å². The van der Waals surface area contributed by atoms with E-state index < -0.39 is 0 Å². The molecule has 2 unspecified atom stereocenters. The zero-order valence-corrected chi connectivity index (χ0v) is 13.0. The van der Waals surface area contributed by atoms with Crippen LogP contribution in [-0.2, 0) is 0 Å². The molecule has 6 nitrogen and oxygen atoms in total. The van der Waals surface area contributed by atoms with Crippen molar-refractivity contribution in [1.82, 2.24) is 24.7 Å². The fourth-order valence-electron chi connectivity index (χ4n) is 3.99. The van der Waals surface area contributed by atoms with Crippen LogP contribution in [0.2, 0.25) is 0 Å². The van der Waals surface area contributed by atoms with Crippen LogP contribution in [0.4, 0.5) is 0 Å². The minimum absolute atomic E-state index is 0.130. The maximum absolute atomic E-state index is 10.1. The molecule has 0 aromatic carbocycles. The number of aliphatic hydroxyl groups excluding tert-OH is 1. The number of aromatic nitrogens is 4. The Morgan fingerprint density at radius 2 is 1.91 bits per heavy atom. The summed E-state index contributed by atoms with van der Waals surface area (Å²) in [7, 11) is 0. The van der Waals surface area contributed by atoms with Crippen LogP contribution < -0.4 is 0 Å². The molecule has 2 atom stereocenters. The molecule has 1 saturated heterocycles. The number of piperidine rings is 1. The maximum atomic E-state index is 10.1. The second-order valence-electron chi connectivity index (χ2n) is 6.68. The van der Waals surface area contributed by atoms with E-state index in [1.54, 1.807) is 0 Å². The highest BCUT2D eigenvalue weighted by molar-refractivity contribution is 5.36. The zero-order chi connectivity index (χ0) is 15.1. The highest BCUT2D eigenvalue weighted by atomic mass is 16.3. The molecule has 1 N–H and O–H groups in total. The molecule has 0 amide bonds. The van der Waals surface area contributed by atoms with Gasteiger partial charge in [0.25, 0.3) is 0 Å². The van der Waals surface area contributed by atoms with E-state index in [1.165, 1.54) is 0 Å². The van der Waals surface area contributed by atoms with Crippen LogP contribution in [-0.4, -0.2) is 55.1 Å². The minimum atomic E-state index is -0.130. The smallest absolute Gasteiger partial charge is 0.177 e. The summed E-state index contributed by atoms with van der Waals surface area (Å²) in [5.74, 6) is 1.41. The summed E-state index contributed by atoms with van der Waals surface area (Å²) in [6.07, 6.45) is 5.27. The van der Waals surface area contributed by atoms with Crippen molar-refractivity contribution in [2.45, 2.75) is 57.1 Å². The number of aryl methyl sites for hydroxylation is 1. The first-order valence-corrected chi connectivity index (χ1v) is 8.33. The molecule has 1 saturated carbocycles. The van der Waals surface area contributed by atoms with Gasteiger partial charge >= 0.3 is 0 Å². The SMILES string of the molecule is Cc1ccc2nnc(C3CCN(C4CCCC4O)CC3)n2n1. The van der Waals surface area contributed by atoms with Crippen molar-refractivity contribution >= 4 is 5.65 Å². The Balaban J connectivity index is 1.49. The summed E-state index contributed by atoms with van der Waals surface area (Å²) in [5, 5.41) is 23.3. The second kappa shape index (κ2) is 5.59. The Labute approximate surface area is 130 Å². The van der Waals surface area contributed by atoms with Crippen LogP contribution in [0.25, 0.3) is 5.65 Å². The molecule has 1 aliphatic carbocycles. The lowest BCUT2D eigenvalue weighted by molar-refractivity contribution is 0.0545. The van der Waals surface area contributed by atoms with Crippen LogP contribution >= 0.6 is 0 Å². The number of hydrogen-bond acceptors (Lipinski definition) is 5. The predicted molar refractivity (Wildman–Crippen MR) is 82.7 cm³/mol. The maximum Gasteiger partial charge on any atom is 0.177 e. The quantitative estimate of drug-likeness (QED) is 0.911. The molecule has 0 bridgehead atoms. The van der Waals surface area contributed by atoms with Crippen molar-refractivity contribution in [1.29, 1.82) is 0 Å². The summed E-state index contributed by atoms with van der Waals surface area (Å²) < 4.78 is 1.90. The Kier molecular flexibility index (Phi) is 3.58. The van der Waals surface area contributed by atoms with Gasteiger partial charge in [-0.3, -0.25) is 4.90 Å². The van der Waals surface area contributed by atoms with Gasteiger partial charge in [0, 0.05) is 12.0 Å². The summed E-state index contributed by atoms with van der Waals surface area (Å²) in [5.41, 5.74) is 1.81. The fourth-order valence-corrected chi connectivity index (χ4v) is 3.99. The van der Waals surface area contributed by atoms with E-state index in [-0.39, 0.29) is 6.10 Å². The van der Waals surface area contributed by atoms with Crippen LogP contribution in [0.5, 0.6) is 0 Å². The third-order valence-corrected chi connectivity index (χ3v) is 5.23. The van der Waals surface area contributed by atoms with Gasteiger partial charge in [0.05, 0.1) is 11.8 Å². The molecule has 118 valence electrons. The van der Waals surface area contributed by atoms with E-state index in [2.05, 4.69) is 20.2 Å². The average Bonchev–Trinajstić information content (AvgIpc) is 3.13. The zero-order valence-electron chi connectivity index (χ0n) is 13.0. The molecular weight excluding hydrogens is 278 g/mol. The average molecular weight is 301 g/mol. The number of fused-ring (bicyclic) bond motifs is 1. The number of rotatable bonds is 2. The number of aliphatic hydroxyl groups is 1. The Hall–Kier alpha value is -1.53. The molecule has 2 aromatic rings. The van der Waals surface area contributed by atoms with E-state index in [0.717, 1.165) is 62.4 Å². The first kappa shape index (κ1) is 14.1. The highest BCUT2D eigenvalue weighted by Crippen LogP contribution is 2.31. The summed E-state index contributed by atoms with van der Waals surface area (Å²) in [4.78, 5) is 2.47. The second-order valence-corrected chi connectivity index (χ2v) is 6.68. The molecule has 3 heterocycles. The molecular formula is C16H23N5O. The molecule has 22 heavy (non-hydrogen) atoms. The fraction of sp³-hybridized carbons (Fsp3) is 0.688. The molecule has 2 aliphatic rings. The minimum Gasteiger partial charge on any atom is -0.391 e. The number of nitrogens with zero attached hydrogens (tertiary/aromatic N) is 5. The standard InChI is InChI=1S/C16H23N5O/c1-11-5-6-15-17-18-16(21(15)19-11)12-7-9-20(10-8-12)13-3-2-4-14(13)22/h5-6,12-14,22H,2-4,7-10H2,1H3. The summed E-state index contributed by atoms with van der Waals surface area (Å²) in [6, 6.07) is 4.32. The lowest BCUT2D eigenvalue weighted by atomic mass is 9.94. The van der Waals surface area contributed by atoms with Crippen LogP contribution in [0.15, 0.2) is 12.1 Å². The van der Waals surface area contributed by atoms with Crippen LogP contribution in [0, 0.1) is 6.92 Å². The van der Waals surface area contributed by atoms with Gasteiger partial charge in [0.15, 0.2) is 11.5 Å². The molecule has 4 rings (SSSR count).